The number of rotatable bonds is 5. The van der Waals surface area contributed by atoms with Gasteiger partial charge in [-0.1, -0.05) is 13.8 Å². The van der Waals surface area contributed by atoms with Crippen LogP contribution in [0, 0.1) is 5.92 Å². The first kappa shape index (κ1) is 11.8. The highest BCUT2D eigenvalue weighted by molar-refractivity contribution is 6.18. The second-order valence-electron chi connectivity index (χ2n) is 4.11. The zero-order valence-corrected chi connectivity index (χ0v) is 9.89. The molecule has 1 fully saturated rings. The molecule has 1 saturated carbocycles. The molecule has 2 nitrogen and oxygen atoms in total. The van der Waals surface area contributed by atoms with E-state index in [4.69, 9.17) is 11.6 Å². The molecular weight excluding hydrogens is 198 g/mol. The van der Waals surface area contributed by atoms with Crippen molar-refractivity contribution in [3.63, 3.8) is 0 Å². The highest BCUT2D eigenvalue weighted by Gasteiger charge is 2.29. The molecule has 0 aromatic heterocycles. The Balaban J connectivity index is 2.51. The predicted molar refractivity (Wildman–Crippen MR) is 59.5 cm³/mol. The van der Waals surface area contributed by atoms with E-state index in [1.165, 1.54) is 19.3 Å². The Morgan fingerprint density at radius 2 is 2.21 bits per heavy atom. The Kier molecular flexibility index (Phi) is 4.73. The molecule has 1 aliphatic rings. The molecule has 0 aromatic carbocycles. The minimum atomic E-state index is 0.152. The van der Waals surface area contributed by atoms with Gasteiger partial charge in [0.15, 0.2) is 0 Å². The van der Waals surface area contributed by atoms with Crippen molar-refractivity contribution in [3.05, 3.63) is 0 Å². The molecule has 14 heavy (non-hydrogen) atoms. The number of carbonyl (C=O) groups excluding carboxylic acids is 1. The monoisotopic (exact) mass is 217 g/mol. The molecule has 0 aliphatic heterocycles. The summed E-state index contributed by atoms with van der Waals surface area (Å²) in [5, 5.41) is 0. The van der Waals surface area contributed by atoms with E-state index in [1.54, 1.807) is 0 Å². The second-order valence-corrected chi connectivity index (χ2v) is 4.49. The third-order valence-corrected chi connectivity index (χ3v) is 3.33. The van der Waals surface area contributed by atoms with E-state index in [2.05, 4.69) is 6.92 Å². The number of amides is 1. The molecule has 0 heterocycles. The van der Waals surface area contributed by atoms with Crippen molar-refractivity contribution in [2.45, 2.75) is 45.6 Å². The summed E-state index contributed by atoms with van der Waals surface area (Å²) in [5.74, 6) is 0.996. The average molecular weight is 218 g/mol. The van der Waals surface area contributed by atoms with Crippen molar-refractivity contribution in [2.24, 2.45) is 5.92 Å². The van der Waals surface area contributed by atoms with E-state index in [1.807, 2.05) is 11.8 Å². The van der Waals surface area contributed by atoms with Crippen LogP contribution in [0.4, 0.5) is 0 Å². The van der Waals surface area contributed by atoms with Crippen LogP contribution < -0.4 is 0 Å². The van der Waals surface area contributed by atoms with Gasteiger partial charge in [0.2, 0.25) is 5.91 Å². The van der Waals surface area contributed by atoms with Gasteiger partial charge in [-0.3, -0.25) is 4.79 Å². The van der Waals surface area contributed by atoms with Crippen LogP contribution in [0.1, 0.15) is 39.5 Å². The van der Waals surface area contributed by atoms with E-state index >= 15 is 0 Å². The average Bonchev–Trinajstić information content (AvgIpc) is 2.12. The summed E-state index contributed by atoms with van der Waals surface area (Å²) in [6.45, 7) is 4.78. The van der Waals surface area contributed by atoms with Gasteiger partial charge in [-0.15, -0.1) is 11.6 Å². The molecule has 0 N–H and O–H groups in total. The number of alkyl halides is 1. The third kappa shape index (κ3) is 2.63. The van der Waals surface area contributed by atoms with Crippen LogP contribution in [-0.2, 0) is 4.79 Å². The second kappa shape index (κ2) is 5.59. The normalized spacial score (nSPS) is 18.8. The van der Waals surface area contributed by atoms with Crippen molar-refractivity contribution in [1.82, 2.24) is 4.90 Å². The van der Waals surface area contributed by atoms with Gasteiger partial charge in [0, 0.05) is 24.4 Å². The first-order valence-electron chi connectivity index (χ1n) is 5.57. The van der Waals surface area contributed by atoms with Gasteiger partial charge in [-0.25, -0.2) is 0 Å². The predicted octanol–water partition coefficient (Wildman–Crippen LogP) is 2.65. The van der Waals surface area contributed by atoms with Gasteiger partial charge in [-0.05, 0) is 25.7 Å². The van der Waals surface area contributed by atoms with Crippen molar-refractivity contribution in [2.75, 3.05) is 12.4 Å². The molecule has 0 spiro atoms. The van der Waals surface area contributed by atoms with Gasteiger partial charge in [0.05, 0.1) is 0 Å². The largest absolute Gasteiger partial charge is 0.338 e. The maximum absolute atomic E-state index is 12.0. The molecule has 0 radical (unpaired) electrons. The van der Waals surface area contributed by atoms with Crippen LogP contribution in [-0.4, -0.2) is 29.3 Å². The fourth-order valence-corrected chi connectivity index (χ4v) is 1.90. The zero-order valence-electron chi connectivity index (χ0n) is 9.13. The maximum atomic E-state index is 12.0. The highest BCUT2D eigenvalue weighted by atomic mass is 35.5. The van der Waals surface area contributed by atoms with Gasteiger partial charge in [0.1, 0.15) is 0 Å². The summed E-state index contributed by atoms with van der Waals surface area (Å²) in [5.41, 5.74) is 0. The van der Waals surface area contributed by atoms with E-state index in [0.29, 0.717) is 11.9 Å². The van der Waals surface area contributed by atoms with E-state index < -0.39 is 0 Å². The van der Waals surface area contributed by atoms with Crippen molar-refractivity contribution in [1.29, 1.82) is 0 Å². The fraction of sp³-hybridized carbons (Fsp3) is 0.909. The van der Waals surface area contributed by atoms with Crippen molar-refractivity contribution in [3.8, 4) is 0 Å². The molecule has 1 atom stereocenters. The molecule has 1 amide bonds. The SMILES string of the molecule is CCC(C)C(=O)N(CCCl)C1CCC1. The van der Waals surface area contributed by atoms with Crippen molar-refractivity contribution < 1.29 is 4.79 Å². The number of carbonyl (C=O) groups is 1. The van der Waals surface area contributed by atoms with Crippen LogP contribution in [0.15, 0.2) is 0 Å². The number of hydrogen-bond donors (Lipinski definition) is 0. The molecule has 82 valence electrons. The Hall–Kier alpha value is -0.240. The summed E-state index contributed by atoms with van der Waals surface area (Å²) < 4.78 is 0. The van der Waals surface area contributed by atoms with Crippen LogP contribution in [0.3, 0.4) is 0 Å². The summed E-state index contributed by atoms with van der Waals surface area (Å²) >= 11 is 5.72. The molecule has 1 unspecified atom stereocenters. The number of hydrogen-bond acceptors (Lipinski definition) is 1. The maximum Gasteiger partial charge on any atom is 0.225 e. The highest BCUT2D eigenvalue weighted by Crippen LogP contribution is 2.26. The van der Waals surface area contributed by atoms with Gasteiger partial charge < -0.3 is 4.90 Å². The Labute approximate surface area is 91.6 Å². The molecular formula is C11H20ClNO. The zero-order chi connectivity index (χ0) is 10.6. The smallest absolute Gasteiger partial charge is 0.225 e. The van der Waals surface area contributed by atoms with Crippen LogP contribution in [0.2, 0.25) is 0 Å². The lowest BCUT2D eigenvalue weighted by atomic mass is 9.90. The summed E-state index contributed by atoms with van der Waals surface area (Å²) in [4.78, 5) is 14.0. The van der Waals surface area contributed by atoms with E-state index in [9.17, 15) is 4.79 Å². The summed E-state index contributed by atoms with van der Waals surface area (Å²) in [6, 6.07) is 0.482. The standard InChI is InChI=1S/C11H20ClNO/c1-3-9(2)11(14)13(8-7-12)10-5-4-6-10/h9-10H,3-8H2,1-2H3. The fourth-order valence-electron chi connectivity index (χ4n) is 1.72. The molecule has 0 bridgehead atoms. The molecule has 0 saturated heterocycles. The van der Waals surface area contributed by atoms with E-state index in [0.717, 1.165) is 13.0 Å². The lowest BCUT2D eigenvalue weighted by molar-refractivity contribution is -0.138. The molecule has 1 aliphatic carbocycles. The Bertz CT molecular complexity index is 192. The molecule has 0 aromatic rings. The van der Waals surface area contributed by atoms with Crippen molar-refractivity contribution >= 4 is 17.5 Å². The van der Waals surface area contributed by atoms with Gasteiger partial charge in [-0.2, -0.15) is 0 Å². The van der Waals surface area contributed by atoms with Crippen LogP contribution in [0.5, 0.6) is 0 Å². The first-order chi connectivity index (χ1) is 6.70. The Morgan fingerprint density at radius 1 is 1.57 bits per heavy atom. The minimum absolute atomic E-state index is 0.152. The van der Waals surface area contributed by atoms with Gasteiger partial charge >= 0.3 is 0 Å². The summed E-state index contributed by atoms with van der Waals surface area (Å²) in [6.07, 6.45) is 4.51. The molecule has 1 rings (SSSR count). The Morgan fingerprint density at radius 3 is 2.57 bits per heavy atom. The number of halogens is 1. The minimum Gasteiger partial charge on any atom is -0.338 e. The number of nitrogens with zero attached hydrogens (tertiary/aromatic N) is 1. The van der Waals surface area contributed by atoms with Gasteiger partial charge in [0.25, 0.3) is 0 Å². The quantitative estimate of drug-likeness (QED) is 0.649. The molecule has 3 heteroatoms. The van der Waals surface area contributed by atoms with Crippen LogP contribution in [0.25, 0.3) is 0 Å². The van der Waals surface area contributed by atoms with E-state index in [-0.39, 0.29) is 11.8 Å². The lowest BCUT2D eigenvalue weighted by Gasteiger charge is -2.38. The topological polar surface area (TPSA) is 20.3 Å². The van der Waals surface area contributed by atoms with Crippen LogP contribution >= 0.6 is 11.6 Å². The lowest BCUT2D eigenvalue weighted by Crippen LogP contribution is -2.47. The first-order valence-corrected chi connectivity index (χ1v) is 6.10. The summed E-state index contributed by atoms with van der Waals surface area (Å²) in [7, 11) is 0. The third-order valence-electron chi connectivity index (χ3n) is 3.16.